The second-order valence-electron chi connectivity index (χ2n) is 8.74. The highest BCUT2D eigenvalue weighted by molar-refractivity contribution is 6.36. The summed E-state index contributed by atoms with van der Waals surface area (Å²) in [6.07, 6.45) is 0.752. The highest BCUT2D eigenvalue weighted by Crippen LogP contribution is 2.35. The molecule has 3 rings (SSSR count). The van der Waals surface area contributed by atoms with Crippen molar-refractivity contribution in [1.82, 2.24) is 4.90 Å². The molecule has 0 saturated carbocycles. The number of anilines is 1. The van der Waals surface area contributed by atoms with Gasteiger partial charge in [-0.25, -0.2) is 0 Å². The van der Waals surface area contributed by atoms with Crippen LogP contribution in [0.3, 0.4) is 0 Å². The van der Waals surface area contributed by atoms with Crippen LogP contribution in [0.1, 0.15) is 81.2 Å². The van der Waals surface area contributed by atoms with Gasteiger partial charge in [0.2, 0.25) is 5.78 Å². The fourth-order valence-corrected chi connectivity index (χ4v) is 4.27. The molecule has 1 aliphatic heterocycles. The quantitative estimate of drug-likeness (QED) is 0.671. The Morgan fingerprint density at radius 1 is 0.968 bits per heavy atom. The smallest absolute Gasteiger partial charge is 0.290 e. The molecule has 0 saturated heterocycles. The minimum Gasteiger partial charge on any atom is -0.323 e. The van der Waals surface area contributed by atoms with E-state index in [0.717, 1.165) is 27.9 Å². The molecule has 0 fully saturated rings. The third-order valence-corrected chi connectivity index (χ3v) is 5.97. The zero-order valence-corrected chi connectivity index (χ0v) is 19.1. The third kappa shape index (κ3) is 4.55. The summed E-state index contributed by atoms with van der Waals surface area (Å²) >= 11 is 0. The van der Waals surface area contributed by atoms with Crippen molar-refractivity contribution in [2.45, 2.75) is 65.3 Å². The van der Waals surface area contributed by atoms with Crippen molar-refractivity contribution in [3.63, 3.8) is 0 Å². The van der Waals surface area contributed by atoms with E-state index in [-0.39, 0.29) is 24.2 Å². The van der Waals surface area contributed by atoms with Gasteiger partial charge in [-0.3, -0.25) is 14.4 Å². The van der Waals surface area contributed by atoms with E-state index in [2.05, 4.69) is 33.0 Å². The lowest BCUT2D eigenvalue weighted by Gasteiger charge is -2.36. The van der Waals surface area contributed by atoms with E-state index in [1.165, 1.54) is 4.90 Å². The first-order valence-electron chi connectivity index (χ1n) is 11.1. The predicted octanol–water partition coefficient (Wildman–Crippen LogP) is 4.98. The van der Waals surface area contributed by atoms with Crippen LogP contribution >= 0.6 is 0 Å². The summed E-state index contributed by atoms with van der Waals surface area (Å²) in [7, 11) is 0. The van der Waals surface area contributed by atoms with Crippen molar-refractivity contribution in [1.29, 1.82) is 0 Å². The first-order valence-corrected chi connectivity index (χ1v) is 11.1. The van der Waals surface area contributed by atoms with E-state index in [1.54, 1.807) is 6.92 Å². The standard InChI is InChI=1S/C26H32N2O3/c1-6-22(29)26(31)28-15-14-18-10-7-8-11-21(18)24(28)25(30)27-23-19(16(2)3)12-9-13-20(23)17(4)5/h7-13,16-17,24H,6,14-15H2,1-5H3,(H,27,30). The lowest BCUT2D eigenvalue weighted by molar-refractivity contribution is -0.148. The summed E-state index contributed by atoms with van der Waals surface area (Å²) in [6.45, 7) is 10.4. The molecule has 31 heavy (non-hydrogen) atoms. The number of fused-ring (bicyclic) bond motifs is 1. The van der Waals surface area contributed by atoms with E-state index in [0.29, 0.717) is 13.0 Å². The highest BCUT2D eigenvalue weighted by Gasteiger charge is 2.38. The molecular formula is C26H32N2O3. The van der Waals surface area contributed by atoms with E-state index >= 15 is 0 Å². The van der Waals surface area contributed by atoms with E-state index in [4.69, 9.17) is 0 Å². The molecule has 5 nitrogen and oxygen atoms in total. The molecule has 1 aliphatic rings. The van der Waals surface area contributed by atoms with E-state index in [1.807, 2.05) is 42.5 Å². The van der Waals surface area contributed by atoms with E-state index in [9.17, 15) is 14.4 Å². The number of benzene rings is 2. The van der Waals surface area contributed by atoms with Gasteiger partial charge in [-0.15, -0.1) is 0 Å². The summed E-state index contributed by atoms with van der Waals surface area (Å²) in [5, 5.41) is 3.15. The molecule has 2 amide bonds. The zero-order valence-electron chi connectivity index (χ0n) is 19.1. The topological polar surface area (TPSA) is 66.5 Å². The van der Waals surface area contributed by atoms with Crippen LogP contribution in [0.25, 0.3) is 0 Å². The first kappa shape index (κ1) is 22.7. The highest BCUT2D eigenvalue weighted by atomic mass is 16.2. The van der Waals surface area contributed by atoms with Crippen molar-refractivity contribution >= 4 is 23.3 Å². The molecule has 1 atom stereocenters. The Bertz CT molecular complexity index is 968. The van der Waals surface area contributed by atoms with Gasteiger partial charge < -0.3 is 10.2 Å². The number of amides is 2. The van der Waals surface area contributed by atoms with Gasteiger partial charge in [0.25, 0.3) is 11.8 Å². The summed E-state index contributed by atoms with van der Waals surface area (Å²) < 4.78 is 0. The number of para-hydroxylation sites is 1. The molecule has 1 N–H and O–H groups in total. The van der Waals surface area contributed by atoms with Crippen LogP contribution in [0, 0.1) is 0 Å². The van der Waals surface area contributed by atoms with Crippen molar-refractivity contribution in [3.8, 4) is 0 Å². The molecule has 2 aromatic carbocycles. The van der Waals surface area contributed by atoms with Gasteiger partial charge in [-0.2, -0.15) is 0 Å². The second-order valence-corrected chi connectivity index (χ2v) is 8.74. The third-order valence-electron chi connectivity index (χ3n) is 5.97. The summed E-state index contributed by atoms with van der Waals surface area (Å²) in [6, 6.07) is 12.9. The van der Waals surface area contributed by atoms with Crippen LogP contribution in [0.5, 0.6) is 0 Å². The Kier molecular flexibility index (Phi) is 6.94. The predicted molar refractivity (Wildman–Crippen MR) is 123 cm³/mol. The van der Waals surface area contributed by atoms with Crippen molar-refractivity contribution in [3.05, 3.63) is 64.7 Å². The first-order chi connectivity index (χ1) is 14.8. The zero-order chi connectivity index (χ0) is 22.7. The molecule has 2 aromatic rings. The molecule has 0 spiro atoms. The molecule has 1 unspecified atom stereocenters. The van der Waals surface area contributed by atoms with Crippen LogP contribution in [0.15, 0.2) is 42.5 Å². The maximum absolute atomic E-state index is 13.7. The molecule has 0 aliphatic carbocycles. The maximum atomic E-state index is 13.7. The van der Waals surface area contributed by atoms with Gasteiger partial charge >= 0.3 is 0 Å². The number of ketones is 1. The molecule has 0 radical (unpaired) electrons. The normalized spacial score (nSPS) is 15.7. The number of hydrogen-bond acceptors (Lipinski definition) is 3. The Hall–Kier alpha value is -2.95. The minimum absolute atomic E-state index is 0.124. The molecule has 0 bridgehead atoms. The van der Waals surface area contributed by atoms with Gasteiger partial charge in [0.1, 0.15) is 6.04 Å². The number of nitrogens with one attached hydrogen (secondary N) is 1. The monoisotopic (exact) mass is 420 g/mol. The van der Waals surface area contributed by atoms with Crippen LogP contribution < -0.4 is 5.32 Å². The van der Waals surface area contributed by atoms with Crippen molar-refractivity contribution < 1.29 is 14.4 Å². The fourth-order valence-electron chi connectivity index (χ4n) is 4.27. The number of Topliss-reactive ketones (excluding diaryl/α,β-unsaturated/α-hetero) is 1. The number of rotatable bonds is 6. The average molecular weight is 421 g/mol. The summed E-state index contributed by atoms with van der Waals surface area (Å²) in [5.41, 5.74) is 4.76. The van der Waals surface area contributed by atoms with Crippen LogP contribution in [0.2, 0.25) is 0 Å². The van der Waals surface area contributed by atoms with Crippen LogP contribution in [-0.2, 0) is 20.8 Å². The van der Waals surface area contributed by atoms with Gasteiger partial charge in [0.05, 0.1) is 0 Å². The van der Waals surface area contributed by atoms with Gasteiger partial charge in [0.15, 0.2) is 0 Å². The summed E-state index contributed by atoms with van der Waals surface area (Å²) in [5.74, 6) is -0.875. The van der Waals surface area contributed by atoms with Crippen molar-refractivity contribution in [2.24, 2.45) is 0 Å². The van der Waals surface area contributed by atoms with E-state index < -0.39 is 17.7 Å². The van der Waals surface area contributed by atoms with Crippen LogP contribution in [-0.4, -0.2) is 29.0 Å². The number of hydrogen-bond donors (Lipinski definition) is 1. The van der Waals surface area contributed by atoms with Crippen molar-refractivity contribution in [2.75, 3.05) is 11.9 Å². The lowest BCUT2D eigenvalue weighted by atomic mass is 9.90. The molecule has 0 aromatic heterocycles. The Morgan fingerprint density at radius 2 is 1.58 bits per heavy atom. The Morgan fingerprint density at radius 3 is 2.16 bits per heavy atom. The van der Waals surface area contributed by atoms with Crippen LogP contribution in [0.4, 0.5) is 5.69 Å². The Balaban J connectivity index is 2.06. The van der Waals surface area contributed by atoms with Gasteiger partial charge in [-0.05, 0) is 40.5 Å². The molecule has 1 heterocycles. The van der Waals surface area contributed by atoms with Gasteiger partial charge in [-0.1, -0.05) is 77.1 Å². The average Bonchev–Trinajstić information content (AvgIpc) is 2.76. The number of carbonyl (C=O) groups excluding carboxylic acids is 3. The number of nitrogens with zero attached hydrogens (tertiary/aromatic N) is 1. The SMILES string of the molecule is CCC(=O)C(=O)N1CCc2ccccc2C1C(=O)Nc1c(C(C)C)cccc1C(C)C. The summed E-state index contributed by atoms with van der Waals surface area (Å²) in [4.78, 5) is 40.2. The Labute approximate surface area is 184 Å². The second kappa shape index (κ2) is 9.46. The molecular weight excluding hydrogens is 388 g/mol. The largest absolute Gasteiger partial charge is 0.323 e. The fraction of sp³-hybridized carbons (Fsp3) is 0.423. The molecule has 5 heteroatoms. The minimum atomic E-state index is -0.826. The lowest BCUT2D eigenvalue weighted by Crippen LogP contribution is -2.47. The maximum Gasteiger partial charge on any atom is 0.290 e. The number of carbonyl (C=O) groups is 3. The molecule has 164 valence electrons. The van der Waals surface area contributed by atoms with Gasteiger partial charge in [0, 0.05) is 18.7 Å².